The summed E-state index contributed by atoms with van der Waals surface area (Å²) in [6, 6.07) is 0.447. The van der Waals surface area contributed by atoms with Crippen molar-refractivity contribution < 1.29 is 0 Å². The molecule has 0 aliphatic carbocycles. The SMILES string of the molecule is CCCc1nc(NCC)c(C)c(N(CC)C(C)C)n1. The molecule has 1 N–H and O–H groups in total. The molecule has 0 fully saturated rings. The summed E-state index contributed by atoms with van der Waals surface area (Å²) in [6.07, 6.45) is 2.00. The van der Waals surface area contributed by atoms with E-state index in [2.05, 4.69) is 56.7 Å². The van der Waals surface area contributed by atoms with Crippen LogP contribution in [0.3, 0.4) is 0 Å². The molecule has 0 saturated carbocycles. The van der Waals surface area contributed by atoms with Crippen molar-refractivity contribution in [2.75, 3.05) is 23.3 Å². The summed E-state index contributed by atoms with van der Waals surface area (Å²) in [5.41, 5.74) is 1.15. The van der Waals surface area contributed by atoms with Gasteiger partial charge < -0.3 is 10.2 Å². The summed E-state index contributed by atoms with van der Waals surface area (Å²) < 4.78 is 0. The normalized spacial score (nSPS) is 10.9. The van der Waals surface area contributed by atoms with Crippen LogP contribution in [0.2, 0.25) is 0 Å². The van der Waals surface area contributed by atoms with E-state index in [0.717, 1.165) is 49.0 Å². The molecule has 1 rings (SSSR count). The first-order chi connectivity index (χ1) is 9.04. The Morgan fingerprint density at radius 3 is 2.32 bits per heavy atom. The van der Waals surface area contributed by atoms with E-state index >= 15 is 0 Å². The van der Waals surface area contributed by atoms with E-state index in [0.29, 0.717) is 6.04 Å². The number of hydrogen-bond donors (Lipinski definition) is 1. The van der Waals surface area contributed by atoms with Crippen LogP contribution in [0.5, 0.6) is 0 Å². The Morgan fingerprint density at radius 1 is 1.16 bits per heavy atom. The van der Waals surface area contributed by atoms with Gasteiger partial charge >= 0.3 is 0 Å². The maximum atomic E-state index is 4.77. The molecule has 1 aromatic heterocycles. The molecular formula is C15H28N4. The average molecular weight is 264 g/mol. The first-order valence-electron chi connectivity index (χ1n) is 7.43. The Bertz CT molecular complexity index is 401. The van der Waals surface area contributed by atoms with Crippen LogP contribution in [0.15, 0.2) is 0 Å². The number of aryl methyl sites for hydroxylation is 1. The maximum absolute atomic E-state index is 4.77. The lowest BCUT2D eigenvalue weighted by atomic mass is 10.2. The van der Waals surface area contributed by atoms with E-state index < -0.39 is 0 Å². The Labute approximate surface area is 117 Å². The van der Waals surface area contributed by atoms with Crippen LogP contribution in [0.4, 0.5) is 11.6 Å². The van der Waals surface area contributed by atoms with Gasteiger partial charge in [0.05, 0.1) is 0 Å². The fraction of sp³-hybridized carbons (Fsp3) is 0.733. The second-order valence-electron chi connectivity index (χ2n) is 5.10. The molecule has 0 aromatic carbocycles. The van der Waals surface area contributed by atoms with Gasteiger partial charge in [-0.2, -0.15) is 0 Å². The Balaban J connectivity index is 3.26. The number of nitrogens with zero attached hydrogens (tertiary/aromatic N) is 3. The molecular weight excluding hydrogens is 236 g/mol. The second kappa shape index (κ2) is 7.31. The predicted molar refractivity (Wildman–Crippen MR) is 83.1 cm³/mol. The molecule has 1 aromatic rings. The summed E-state index contributed by atoms with van der Waals surface area (Å²) in [5, 5.41) is 3.36. The van der Waals surface area contributed by atoms with Crippen molar-refractivity contribution >= 4 is 11.6 Å². The van der Waals surface area contributed by atoms with Gasteiger partial charge in [0.2, 0.25) is 0 Å². The van der Waals surface area contributed by atoms with Crippen LogP contribution < -0.4 is 10.2 Å². The fourth-order valence-electron chi connectivity index (χ4n) is 2.26. The third-order valence-corrected chi connectivity index (χ3v) is 3.22. The quantitative estimate of drug-likeness (QED) is 0.819. The highest BCUT2D eigenvalue weighted by Crippen LogP contribution is 2.25. The van der Waals surface area contributed by atoms with Crippen molar-refractivity contribution in [1.29, 1.82) is 0 Å². The minimum atomic E-state index is 0.447. The number of hydrogen-bond acceptors (Lipinski definition) is 4. The molecule has 0 aliphatic rings. The Kier molecular flexibility index (Phi) is 6.06. The number of anilines is 2. The zero-order chi connectivity index (χ0) is 14.4. The van der Waals surface area contributed by atoms with E-state index in [1.807, 2.05) is 0 Å². The van der Waals surface area contributed by atoms with E-state index in [1.54, 1.807) is 0 Å². The van der Waals surface area contributed by atoms with E-state index in [-0.39, 0.29) is 0 Å². The standard InChI is InChI=1S/C15H28N4/c1-7-10-13-17-14(16-8-2)12(6)15(18-13)19(9-3)11(4)5/h11H,7-10H2,1-6H3,(H,16,17,18). The highest BCUT2D eigenvalue weighted by molar-refractivity contribution is 5.59. The summed E-state index contributed by atoms with van der Waals surface area (Å²) in [4.78, 5) is 11.7. The van der Waals surface area contributed by atoms with Crippen molar-refractivity contribution in [3.8, 4) is 0 Å². The first-order valence-corrected chi connectivity index (χ1v) is 7.43. The highest BCUT2D eigenvalue weighted by Gasteiger charge is 2.17. The fourth-order valence-corrected chi connectivity index (χ4v) is 2.26. The number of rotatable bonds is 7. The molecule has 0 atom stereocenters. The molecule has 4 nitrogen and oxygen atoms in total. The third-order valence-electron chi connectivity index (χ3n) is 3.22. The van der Waals surface area contributed by atoms with Crippen molar-refractivity contribution in [2.45, 2.75) is 60.4 Å². The minimum absolute atomic E-state index is 0.447. The van der Waals surface area contributed by atoms with Gasteiger partial charge in [-0.05, 0) is 41.0 Å². The zero-order valence-electron chi connectivity index (χ0n) is 13.2. The number of nitrogens with one attached hydrogen (secondary N) is 1. The van der Waals surface area contributed by atoms with Crippen molar-refractivity contribution in [2.24, 2.45) is 0 Å². The summed E-state index contributed by atoms with van der Waals surface area (Å²) in [6.45, 7) is 14.8. The topological polar surface area (TPSA) is 41.1 Å². The highest BCUT2D eigenvalue weighted by atomic mass is 15.2. The Hall–Kier alpha value is -1.32. The first kappa shape index (κ1) is 15.7. The summed E-state index contributed by atoms with van der Waals surface area (Å²) >= 11 is 0. The lowest BCUT2D eigenvalue weighted by Gasteiger charge is -2.29. The molecule has 0 saturated heterocycles. The maximum Gasteiger partial charge on any atom is 0.137 e. The lowest BCUT2D eigenvalue weighted by Crippen LogP contribution is -2.32. The van der Waals surface area contributed by atoms with Gasteiger partial charge in [0.1, 0.15) is 17.5 Å². The van der Waals surface area contributed by atoms with Crippen LogP contribution in [0, 0.1) is 6.92 Å². The van der Waals surface area contributed by atoms with Gasteiger partial charge in [-0.15, -0.1) is 0 Å². The zero-order valence-corrected chi connectivity index (χ0v) is 13.2. The third kappa shape index (κ3) is 3.82. The van der Waals surface area contributed by atoms with E-state index in [9.17, 15) is 0 Å². The molecule has 0 radical (unpaired) electrons. The van der Waals surface area contributed by atoms with Crippen molar-refractivity contribution in [3.05, 3.63) is 11.4 Å². The summed E-state index contributed by atoms with van der Waals surface area (Å²) in [5.74, 6) is 3.00. The van der Waals surface area contributed by atoms with Crippen LogP contribution >= 0.6 is 0 Å². The molecule has 0 amide bonds. The molecule has 1 heterocycles. The van der Waals surface area contributed by atoms with Gasteiger partial charge in [0.25, 0.3) is 0 Å². The second-order valence-corrected chi connectivity index (χ2v) is 5.10. The average Bonchev–Trinajstić information content (AvgIpc) is 2.35. The van der Waals surface area contributed by atoms with Crippen molar-refractivity contribution in [3.63, 3.8) is 0 Å². The van der Waals surface area contributed by atoms with E-state index in [4.69, 9.17) is 4.98 Å². The largest absolute Gasteiger partial charge is 0.370 e. The molecule has 0 bridgehead atoms. The molecule has 0 unspecified atom stereocenters. The van der Waals surface area contributed by atoms with Crippen LogP contribution in [-0.2, 0) is 6.42 Å². The van der Waals surface area contributed by atoms with Crippen LogP contribution in [-0.4, -0.2) is 29.1 Å². The van der Waals surface area contributed by atoms with Crippen molar-refractivity contribution in [1.82, 2.24) is 9.97 Å². The van der Waals surface area contributed by atoms with E-state index in [1.165, 1.54) is 0 Å². The Morgan fingerprint density at radius 2 is 1.84 bits per heavy atom. The van der Waals surface area contributed by atoms with Crippen LogP contribution in [0.25, 0.3) is 0 Å². The molecule has 108 valence electrons. The number of aromatic nitrogens is 2. The molecule has 4 heteroatoms. The lowest BCUT2D eigenvalue weighted by molar-refractivity contribution is 0.683. The van der Waals surface area contributed by atoms with Gasteiger partial charge in [0, 0.05) is 31.1 Å². The van der Waals surface area contributed by atoms with Crippen LogP contribution in [0.1, 0.15) is 52.4 Å². The minimum Gasteiger partial charge on any atom is -0.370 e. The van der Waals surface area contributed by atoms with Gasteiger partial charge in [-0.1, -0.05) is 6.92 Å². The van der Waals surface area contributed by atoms with Gasteiger partial charge in [0.15, 0.2) is 0 Å². The summed E-state index contributed by atoms with van der Waals surface area (Å²) in [7, 11) is 0. The van der Waals surface area contributed by atoms with Gasteiger partial charge in [-0.25, -0.2) is 9.97 Å². The smallest absolute Gasteiger partial charge is 0.137 e. The molecule has 19 heavy (non-hydrogen) atoms. The molecule has 0 spiro atoms. The molecule has 0 aliphatic heterocycles. The predicted octanol–water partition coefficient (Wildman–Crippen LogP) is 3.40. The van der Waals surface area contributed by atoms with Gasteiger partial charge in [-0.3, -0.25) is 0 Å². The monoisotopic (exact) mass is 264 g/mol.